The highest BCUT2D eigenvalue weighted by molar-refractivity contribution is 5.76. The monoisotopic (exact) mass is 1120 g/mol. The largest absolute Gasteiger partial charge is 0.465 e. The summed E-state index contributed by atoms with van der Waals surface area (Å²) in [5.74, 6) is 7.57. The Kier molecular flexibility index (Phi) is 19.1. The van der Waals surface area contributed by atoms with E-state index in [1.165, 1.54) is 108 Å². The van der Waals surface area contributed by atoms with Crippen molar-refractivity contribution >= 4 is 18.0 Å². The second-order valence-corrected chi connectivity index (χ2v) is 32.3. The van der Waals surface area contributed by atoms with E-state index in [4.69, 9.17) is 24.0 Å². The predicted octanol–water partition coefficient (Wildman–Crippen LogP) is 16.7. The van der Waals surface area contributed by atoms with E-state index in [1.807, 2.05) is 34.6 Å². The molecule has 0 radical (unpaired) electrons. The van der Waals surface area contributed by atoms with Gasteiger partial charge in [-0.1, -0.05) is 81.4 Å². The van der Waals surface area contributed by atoms with Crippen LogP contribution in [0.4, 0.5) is 4.79 Å². The third-order valence-electron chi connectivity index (χ3n) is 27.8. The molecule has 0 saturated heterocycles. The van der Waals surface area contributed by atoms with E-state index in [0.717, 1.165) is 80.5 Å². The first-order chi connectivity index (χ1) is 37.5. The number of carbonyl (C=O) groups is 3. The number of hydrogen-bond donors (Lipinski definition) is 2. The molecule has 19 atom stereocenters. The minimum Gasteiger partial charge on any atom is -0.465 e. The van der Waals surface area contributed by atoms with Gasteiger partial charge in [-0.05, 0) is 280 Å². The fourth-order valence-electron chi connectivity index (χ4n) is 22.0. The molecule has 1 amide bonds. The fraction of sp³-hybridized carbons (Fsp3) is 0.929. The highest BCUT2D eigenvalue weighted by atomic mass is 17.2. The van der Waals surface area contributed by atoms with E-state index < -0.39 is 10.8 Å². The Morgan fingerprint density at radius 3 is 2.00 bits per heavy atom. The van der Waals surface area contributed by atoms with Gasteiger partial charge in [-0.25, -0.2) is 14.6 Å². The Labute approximate surface area is 488 Å². The van der Waals surface area contributed by atoms with E-state index in [1.54, 1.807) is 7.11 Å². The molecule has 0 aromatic heterocycles. The number of carbonyl (C=O) groups excluding carboxylic acids is 3. The third-order valence-corrected chi connectivity index (χ3v) is 27.8. The average molecular weight is 1120 g/mol. The molecule has 9 saturated carbocycles. The fourth-order valence-corrected chi connectivity index (χ4v) is 22.0. The van der Waals surface area contributed by atoms with Crippen molar-refractivity contribution in [2.45, 2.75) is 264 Å². The molecule has 0 aromatic carbocycles. The van der Waals surface area contributed by atoms with Crippen molar-refractivity contribution in [1.82, 2.24) is 5.32 Å². The van der Waals surface area contributed by atoms with Crippen LogP contribution in [0.1, 0.15) is 252 Å². The third kappa shape index (κ3) is 11.3. The van der Waals surface area contributed by atoms with Crippen molar-refractivity contribution < 1.29 is 43.5 Å². The van der Waals surface area contributed by atoms with Crippen molar-refractivity contribution in [3.63, 3.8) is 0 Å². The van der Waals surface area contributed by atoms with E-state index in [9.17, 15) is 19.5 Å². The molecule has 0 aromatic rings. The quantitative estimate of drug-likeness (QED) is 0.0365. The molecule has 0 heterocycles. The summed E-state index contributed by atoms with van der Waals surface area (Å²) in [4.78, 5) is 47.7. The second kappa shape index (κ2) is 23.9. The Balaban J connectivity index is 0.000000210. The maximum atomic E-state index is 13.1. The van der Waals surface area contributed by atoms with Crippen LogP contribution in [0.3, 0.4) is 0 Å². The molecule has 0 spiro atoms. The molecule has 2 N–H and O–H groups in total. The lowest BCUT2D eigenvalue weighted by molar-refractivity contribution is -0.273. The van der Waals surface area contributed by atoms with Crippen LogP contribution in [-0.2, 0) is 33.6 Å². The van der Waals surface area contributed by atoms with E-state index in [-0.39, 0.29) is 54.2 Å². The van der Waals surface area contributed by atoms with Gasteiger partial charge in [0, 0.05) is 5.41 Å². The molecule has 19 unspecified atom stereocenters. The second-order valence-electron chi connectivity index (χ2n) is 32.3. The molecule has 458 valence electrons. The van der Waals surface area contributed by atoms with Crippen LogP contribution >= 0.6 is 0 Å². The average Bonchev–Trinajstić information content (AvgIpc) is 2.64. The Bertz CT molecular complexity index is 2190. The van der Waals surface area contributed by atoms with Gasteiger partial charge in [-0.2, -0.15) is 0 Å². The maximum Gasteiger partial charge on any atom is 0.407 e. The first kappa shape index (κ1) is 63.8. The Hall–Kier alpha value is -2.17. The lowest BCUT2D eigenvalue weighted by atomic mass is 9.32. The zero-order chi connectivity index (χ0) is 58.6. The number of hydrogen-bond acceptors (Lipinski definition) is 9. The van der Waals surface area contributed by atoms with E-state index in [0.29, 0.717) is 69.9 Å². The number of esters is 2. The number of alkyl carbamates (subject to hydrolysis) is 1. The Morgan fingerprint density at radius 1 is 0.675 bits per heavy atom. The number of aliphatic hydroxyl groups is 1. The lowest BCUT2D eigenvalue weighted by Crippen LogP contribution is -2.66. The summed E-state index contributed by atoms with van der Waals surface area (Å²) in [7, 11) is 1.59. The van der Waals surface area contributed by atoms with Gasteiger partial charge in [0.25, 0.3) is 0 Å². The van der Waals surface area contributed by atoms with Gasteiger partial charge in [-0.15, -0.1) is 0 Å². The van der Waals surface area contributed by atoms with Gasteiger partial charge < -0.3 is 24.6 Å². The molecule has 9 aliphatic rings. The van der Waals surface area contributed by atoms with Crippen LogP contribution in [-0.4, -0.2) is 68.8 Å². The molecular formula is C70H119NO9. The number of ether oxygens (including phenoxy) is 3. The standard InChI is InChI=1S/C36H60O3.C34H59NO6/c1-11-31(4,5)30(38)39-22-36-19-14-24(23(2)3)29(36)25-12-13-27-33(8)17-16-28(37)32(6,7)26(33)15-18-35(27,10)34(25,9)20-21-36;1-8-32(3,4)30(36)39-21-19-35-31(37)41-25-15-17-33(5)24(22-25)11-12-26-28-14-13-27(23(2)10-9-20-40-38-7)34(28,6)18-16-29(26)33/h24-29,37H,2,11-22H2,1,3-10H3;23-29H,8-22H2,1-7H3,(H,35,37). The lowest BCUT2D eigenvalue weighted by Gasteiger charge is -2.73. The van der Waals surface area contributed by atoms with E-state index >= 15 is 0 Å². The SMILES string of the molecule is C=C(C)C1CCC2(COC(=O)C(C)(C)CC)CCC3(C)C(CCC4C5(C)CCC(O)C(C)(C)C5CCC43C)C12.CCC(C)(C)C(=O)OCCNC(=O)OC1CCC2(C)C(CCC3C2CCC2(C)C(C(C)CCCOOC)CCC32)C1. The highest BCUT2D eigenvalue weighted by Gasteiger charge is 2.71. The van der Waals surface area contributed by atoms with Crippen molar-refractivity contribution in [3.05, 3.63) is 12.2 Å². The predicted molar refractivity (Wildman–Crippen MR) is 320 cm³/mol. The Morgan fingerprint density at radius 2 is 1.32 bits per heavy atom. The molecular weight excluding hydrogens is 999 g/mol. The van der Waals surface area contributed by atoms with Crippen LogP contribution in [0.5, 0.6) is 0 Å². The highest BCUT2D eigenvalue weighted by Crippen LogP contribution is 2.78. The van der Waals surface area contributed by atoms with Crippen LogP contribution in [0.15, 0.2) is 12.2 Å². The van der Waals surface area contributed by atoms with Gasteiger partial charge in [0.15, 0.2) is 0 Å². The van der Waals surface area contributed by atoms with Gasteiger partial charge in [0.2, 0.25) is 0 Å². The summed E-state index contributed by atoms with van der Waals surface area (Å²) in [6, 6.07) is 0. The number of fused-ring (bicyclic) bond motifs is 12. The molecule has 0 bridgehead atoms. The summed E-state index contributed by atoms with van der Waals surface area (Å²) in [6.07, 6.45) is 26.6. The molecule has 9 fully saturated rings. The van der Waals surface area contributed by atoms with Gasteiger partial charge in [-0.3, -0.25) is 9.59 Å². The summed E-state index contributed by atoms with van der Waals surface area (Å²) in [5, 5.41) is 13.8. The van der Waals surface area contributed by atoms with Crippen LogP contribution in [0, 0.1) is 114 Å². The summed E-state index contributed by atoms with van der Waals surface area (Å²) >= 11 is 0. The zero-order valence-corrected chi connectivity index (χ0v) is 54.0. The van der Waals surface area contributed by atoms with E-state index in [2.05, 4.69) is 81.1 Å². The summed E-state index contributed by atoms with van der Waals surface area (Å²) < 4.78 is 17.5. The first-order valence-electron chi connectivity index (χ1n) is 33.2. The zero-order valence-electron chi connectivity index (χ0n) is 54.0. The number of nitrogens with one attached hydrogen (secondary N) is 1. The van der Waals surface area contributed by atoms with Crippen molar-refractivity contribution in [2.24, 2.45) is 114 Å². The number of aliphatic hydroxyl groups excluding tert-OH is 1. The first-order valence-corrected chi connectivity index (χ1v) is 33.2. The minimum atomic E-state index is -0.497. The topological polar surface area (TPSA) is 130 Å². The van der Waals surface area contributed by atoms with Crippen molar-refractivity contribution in [1.29, 1.82) is 0 Å². The number of amides is 1. The molecule has 10 nitrogen and oxygen atoms in total. The minimum absolute atomic E-state index is 0.000441. The molecule has 10 heteroatoms. The van der Waals surface area contributed by atoms with Gasteiger partial charge in [0.1, 0.15) is 12.7 Å². The van der Waals surface area contributed by atoms with Crippen LogP contribution in [0.25, 0.3) is 0 Å². The number of allylic oxidation sites excluding steroid dienone is 1. The molecule has 80 heavy (non-hydrogen) atoms. The molecule has 9 rings (SSSR count). The summed E-state index contributed by atoms with van der Waals surface area (Å²) in [6.45, 7) is 40.8. The smallest absolute Gasteiger partial charge is 0.407 e. The molecule has 9 aliphatic carbocycles. The summed E-state index contributed by atoms with van der Waals surface area (Å²) in [5.41, 5.74) is 2.30. The normalized spacial score (nSPS) is 42.9. The van der Waals surface area contributed by atoms with Gasteiger partial charge >= 0.3 is 18.0 Å². The maximum absolute atomic E-state index is 13.1. The van der Waals surface area contributed by atoms with Crippen LogP contribution in [0.2, 0.25) is 0 Å². The van der Waals surface area contributed by atoms with Crippen LogP contribution < -0.4 is 5.32 Å². The van der Waals surface area contributed by atoms with Crippen molar-refractivity contribution in [3.8, 4) is 0 Å². The van der Waals surface area contributed by atoms with Crippen molar-refractivity contribution in [2.75, 3.05) is 33.5 Å². The number of rotatable bonds is 17. The van der Waals surface area contributed by atoms with Gasteiger partial charge in [0.05, 0.1) is 43.8 Å². The molecule has 0 aliphatic heterocycles.